The van der Waals surface area contributed by atoms with Crippen LogP contribution < -0.4 is 10.2 Å². The molecule has 2 N–H and O–H groups in total. The van der Waals surface area contributed by atoms with Gasteiger partial charge in [-0.2, -0.15) is 5.10 Å². The molecule has 0 aliphatic heterocycles. The van der Waals surface area contributed by atoms with Gasteiger partial charge in [0, 0.05) is 12.0 Å². The minimum atomic E-state index is 0.566. The van der Waals surface area contributed by atoms with Gasteiger partial charge in [-0.15, -0.1) is 0 Å². The van der Waals surface area contributed by atoms with Gasteiger partial charge in [-0.05, 0) is 29.1 Å². The Morgan fingerprint density at radius 1 is 1.27 bits per heavy atom. The maximum absolute atomic E-state index is 5.51. The molecule has 0 radical (unpaired) electrons. The van der Waals surface area contributed by atoms with Crippen molar-refractivity contribution in [1.82, 2.24) is 14.9 Å². The first-order valence-electron chi connectivity index (χ1n) is 7.19. The molecule has 1 heterocycles. The molecule has 0 unspecified atom stereocenters. The van der Waals surface area contributed by atoms with Gasteiger partial charge in [0.1, 0.15) is 5.75 Å². The van der Waals surface area contributed by atoms with Crippen LogP contribution in [0.2, 0.25) is 0 Å². The van der Waals surface area contributed by atoms with Gasteiger partial charge in [-0.3, -0.25) is 5.10 Å². The van der Waals surface area contributed by atoms with Gasteiger partial charge in [0.15, 0.2) is 5.82 Å². The Morgan fingerprint density at radius 3 is 2.86 bits per heavy atom. The second-order valence-corrected chi connectivity index (χ2v) is 5.32. The zero-order chi connectivity index (χ0) is 15.5. The van der Waals surface area contributed by atoms with E-state index < -0.39 is 0 Å². The second-order valence-electron chi connectivity index (χ2n) is 4.94. The van der Waals surface area contributed by atoms with E-state index in [9.17, 15) is 0 Å². The molecule has 0 atom stereocenters. The summed E-state index contributed by atoms with van der Waals surface area (Å²) in [5.74, 6) is 1.74. The fraction of sp³-hybridized carbons (Fsp3) is 0.250. The Morgan fingerprint density at radius 2 is 2.09 bits per heavy atom. The van der Waals surface area contributed by atoms with Crippen molar-refractivity contribution in [3.63, 3.8) is 0 Å². The molecule has 3 rings (SSSR count). The summed E-state index contributed by atoms with van der Waals surface area (Å²) in [6.07, 6.45) is 0.798. The summed E-state index contributed by atoms with van der Waals surface area (Å²) >= 11 is 5.26. The minimum absolute atomic E-state index is 0.566. The van der Waals surface area contributed by atoms with Crippen LogP contribution in [0.5, 0.6) is 5.75 Å². The van der Waals surface area contributed by atoms with Crippen LogP contribution in [0.15, 0.2) is 36.4 Å². The van der Waals surface area contributed by atoms with Crippen molar-refractivity contribution < 1.29 is 4.74 Å². The number of H-pyrrole nitrogens is 1. The summed E-state index contributed by atoms with van der Waals surface area (Å²) in [5.41, 5.74) is 4.44. The molecule has 5 nitrogen and oxygen atoms in total. The van der Waals surface area contributed by atoms with E-state index in [2.05, 4.69) is 33.8 Å². The molecule has 3 aromatic rings. The van der Waals surface area contributed by atoms with E-state index in [-0.39, 0.29) is 0 Å². The monoisotopic (exact) mass is 314 g/mol. The number of fused-ring (bicyclic) bond motifs is 1. The maximum atomic E-state index is 5.51. The molecule has 114 valence electrons. The summed E-state index contributed by atoms with van der Waals surface area (Å²) in [6, 6.07) is 12.3. The SMILES string of the molecule is CCc1n[nH]c(=S)n1NCc1c(OC)ccc2ccccc12. The Balaban J connectivity index is 1.99. The molecule has 0 spiro atoms. The van der Waals surface area contributed by atoms with E-state index in [4.69, 9.17) is 17.0 Å². The van der Waals surface area contributed by atoms with Crippen molar-refractivity contribution in [2.45, 2.75) is 19.9 Å². The molecule has 0 saturated heterocycles. The summed E-state index contributed by atoms with van der Waals surface area (Å²) in [4.78, 5) is 0. The van der Waals surface area contributed by atoms with Gasteiger partial charge < -0.3 is 10.2 Å². The smallest absolute Gasteiger partial charge is 0.214 e. The van der Waals surface area contributed by atoms with Crippen molar-refractivity contribution in [3.05, 3.63) is 52.6 Å². The largest absolute Gasteiger partial charge is 0.496 e. The Labute approximate surface area is 133 Å². The number of aromatic nitrogens is 3. The van der Waals surface area contributed by atoms with Crippen LogP contribution in [0.25, 0.3) is 10.8 Å². The molecule has 0 amide bonds. The van der Waals surface area contributed by atoms with Crippen LogP contribution in [-0.4, -0.2) is 22.0 Å². The number of aromatic amines is 1. The van der Waals surface area contributed by atoms with Crippen molar-refractivity contribution in [3.8, 4) is 5.75 Å². The van der Waals surface area contributed by atoms with E-state index in [1.54, 1.807) is 7.11 Å². The van der Waals surface area contributed by atoms with Gasteiger partial charge in [-0.1, -0.05) is 37.3 Å². The minimum Gasteiger partial charge on any atom is -0.496 e. The number of ether oxygens (including phenoxy) is 1. The molecule has 1 aromatic heterocycles. The van der Waals surface area contributed by atoms with Crippen molar-refractivity contribution >= 4 is 23.0 Å². The number of methoxy groups -OCH3 is 1. The molecule has 0 aliphatic carbocycles. The van der Waals surface area contributed by atoms with E-state index in [1.807, 2.05) is 29.8 Å². The molecule has 0 saturated carbocycles. The van der Waals surface area contributed by atoms with Crippen LogP contribution in [0.3, 0.4) is 0 Å². The lowest BCUT2D eigenvalue weighted by atomic mass is 10.0. The molecule has 0 bridgehead atoms. The lowest BCUT2D eigenvalue weighted by molar-refractivity contribution is 0.410. The molecule has 22 heavy (non-hydrogen) atoms. The third kappa shape index (κ3) is 2.57. The van der Waals surface area contributed by atoms with E-state index in [1.165, 1.54) is 10.8 Å². The summed E-state index contributed by atoms with van der Waals surface area (Å²) < 4.78 is 7.89. The molecule has 0 aliphatic rings. The predicted molar refractivity (Wildman–Crippen MR) is 90.4 cm³/mol. The molecular formula is C16H18N4OS. The zero-order valence-electron chi connectivity index (χ0n) is 12.6. The van der Waals surface area contributed by atoms with Crippen LogP contribution >= 0.6 is 12.2 Å². The Bertz CT molecular complexity index is 853. The van der Waals surface area contributed by atoms with Gasteiger partial charge >= 0.3 is 0 Å². The van der Waals surface area contributed by atoms with Crippen molar-refractivity contribution in [2.24, 2.45) is 0 Å². The fourth-order valence-corrected chi connectivity index (χ4v) is 2.79. The predicted octanol–water partition coefficient (Wildman–Crippen LogP) is 3.41. The number of benzene rings is 2. The van der Waals surface area contributed by atoms with Crippen molar-refractivity contribution in [1.29, 1.82) is 0 Å². The van der Waals surface area contributed by atoms with Crippen LogP contribution in [0.4, 0.5) is 0 Å². The third-order valence-corrected chi connectivity index (χ3v) is 3.96. The molecular weight excluding hydrogens is 296 g/mol. The number of nitrogens with one attached hydrogen (secondary N) is 2. The second kappa shape index (κ2) is 6.19. The highest BCUT2D eigenvalue weighted by Gasteiger charge is 2.10. The highest BCUT2D eigenvalue weighted by atomic mass is 32.1. The van der Waals surface area contributed by atoms with Crippen LogP contribution in [0.1, 0.15) is 18.3 Å². The fourth-order valence-electron chi connectivity index (χ4n) is 2.58. The van der Waals surface area contributed by atoms with E-state index in [0.717, 1.165) is 23.6 Å². The normalized spacial score (nSPS) is 10.8. The van der Waals surface area contributed by atoms with E-state index in [0.29, 0.717) is 11.3 Å². The zero-order valence-corrected chi connectivity index (χ0v) is 13.4. The number of aryl methyl sites for hydroxylation is 1. The summed E-state index contributed by atoms with van der Waals surface area (Å²) in [6.45, 7) is 2.65. The summed E-state index contributed by atoms with van der Waals surface area (Å²) in [5, 5.41) is 9.37. The summed E-state index contributed by atoms with van der Waals surface area (Å²) in [7, 11) is 1.69. The highest BCUT2D eigenvalue weighted by Crippen LogP contribution is 2.28. The lowest BCUT2D eigenvalue weighted by Gasteiger charge is -2.14. The van der Waals surface area contributed by atoms with Gasteiger partial charge in [0.2, 0.25) is 4.77 Å². The quantitative estimate of drug-likeness (QED) is 0.709. The third-order valence-electron chi connectivity index (χ3n) is 3.69. The van der Waals surface area contributed by atoms with Crippen LogP contribution in [0, 0.1) is 4.77 Å². The average molecular weight is 314 g/mol. The molecule has 2 aromatic carbocycles. The number of rotatable bonds is 5. The van der Waals surface area contributed by atoms with Gasteiger partial charge in [0.25, 0.3) is 0 Å². The first-order chi connectivity index (χ1) is 10.7. The van der Waals surface area contributed by atoms with Gasteiger partial charge in [-0.25, -0.2) is 4.68 Å². The van der Waals surface area contributed by atoms with Crippen molar-refractivity contribution in [2.75, 3.05) is 12.5 Å². The maximum Gasteiger partial charge on any atom is 0.214 e. The molecule has 0 fully saturated rings. The Hall–Kier alpha value is -2.34. The lowest BCUT2D eigenvalue weighted by Crippen LogP contribution is -2.18. The average Bonchev–Trinajstić information content (AvgIpc) is 2.92. The van der Waals surface area contributed by atoms with Crippen LogP contribution in [-0.2, 0) is 13.0 Å². The number of nitrogens with zero attached hydrogens (tertiary/aromatic N) is 2. The van der Waals surface area contributed by atoms with Gasteiger partial charge in [0.05, 0.1) is 13.7 Å². The first-order valence-corrected chi connectivity index (χ1v) is 7.60. The first kappa shape index (κ1) is 14.6. The topological polar surface area (TPSA) is 54.9 Å². The van der Waals surface area contributed by atoms with E-state index >= 15 is 0 Å². The number of hydrogen-bond donors (Lipinski definition) is 2. The highest BCUT2D eigenvalue weighted by molar-refractivity contribution is 7.71. The Kier molecular flexibility index (Phi) is 4.11. The molecule has 6 heteroatoms. The standard InChI is InChI=1S/C16H18N4OS/c1-3-15-18-19-16(22)20(15)17-10-13-12-7-5-4-6-11(12)8-9-14(13)21-2/h4-9,17H,3,10H2,1-2H3,(H,19,22). The number of hydrogen-bond acceptors (Lipinski definition) is 4.